The summed E-state index contributed by atoms with van der Waals surface area (Å²) in [7, 11) is 1.63. The zero-order valence-corrected chi connectivity index (χ0v) is 11.0. The zero-order valence-electron chi connectivity index (χ0n) is 11.0. The molecule has 1 N–H and O–H groups in total. The second kappa shape index (κ2) is 4.52. The fourth-order valence-corrected chi connectivity index (χ4v) is 2.74. The number of carboxylic acids is 1. The lowest BCUT2D eigenvalue weighted by Crippen LogP contribution is -2.45. The van der Waals surface area contributed by atoms with Crippen molar-refractivity contribution in [3.8, 4) is 5.75 Å². The molecule has 1 aliphatic heterocycles. The van der Waals surface area contributed by atoms with Gasteiger partial charge in [-0.3, -0.25) is 4.79 Å². The Kier molecular flexibility index (Phi) is 3.20. The van der Waals surface area contributed by atoms with Crippen molar-refractivity contribution >= 4 is 11.7 Å². The summed E-state index contributed by atoms with van der Waals surface area (Å²) in [5.74, 6) is -0.221. The van der Waals surface area contributed by atoms with E-state index in [1.807, 2.05) is 38.1 Å². The second-order valence-corrected chi connectivity index (χ2v) is 5.18. The summed E-state index contributed by atoms with van der Waals surface area (Å²) in [4.78, 5) is 13.4. The molecular weight excluding hydrogens is 230 g/mol. The van der Waals surface area contributed by atoms with Crippen molar-refractivity contribution in [3.63, 3.8) is 0 Å². The SMILES string of the molecule is COc1ccc(N2CCC(C(=O)O)C2(C)C)cc1. The molecule has 4 nitrogen and oxygen atoms in total. The van der Waals surface area contributed by atoms with Crippen molar-refractivity contribution in [2.75, 3.05) is 18.6 Å². The summed E-state index contributed by atoms with van der Waals surface area (Å²) in [6.45, 7) is 4.75. The van der Waals surface area contributed by atoms with Crippen LogP contribution in [0.5, 0.6) is 5.75 Å². The van der Waals surface area contributed by atoms with E-state index in [1.165, 1.54) is 0 Å². The average Bonchev–Trinajstić information content (AvgIpc) is 2.65. The molecule has 1 heterocycles. The lowest BCUT2D eigenvalue weighted by Gasteiger charge is -2.36. The highest BCUT2D eigenvalue weighted by molar-refractivity contribution is 5.74. The standard InChI is InChI=1S/C14H19NO3/c1-14(2)12(13(16)17)8-9-15(14)10-4-6-11(18-3)7-5-10/h4-7,12H,8-9H2,1-3H3,(H,16,17). The molecule has 1 atom stereocenters. The molecule has 0 aliphatic carbocycles. The van der Waals surface area contributed by atoms with E-state index in [0.29, 0.717) is 6.42 Å². The molecule has 18 heavy (non-hydrogen) atoms. The summed E-state index contributed by atoms with van der Waals surface area (Å²) >= 11 is 0. The van der Waals surface area contributed by atoms with E-state index in [1.54, 1.807) is 7.11 Å². The van der Waals surface area contributed by atoms with E-state index in [4.69, 9.17) is 4.74 Å². The molecule has 1 aliphatic rings. The van der Waals surface area contributed by atoms with Crippen LogP contribution in [-0.2, 0) is 4.79 Å². The maximum absolute atomic E-state index is 11.2. The first kappa shape index (κ1) is 12.7. The number of carboxylic acid groups (broad SMARTS) is 1. The number of carbonyl (C=O) groups is 1. The summed E-state index contributed by atoms with van der Waals surface area (Å²) < 4.78 is 5.13. The van der Waals surface area contributed by atoms with E-state index in [-0.39, 0.29) is 11.5 Å². The number of ether oxygens (including phenoxy) is 1. The minimum atomic E-state index is -0.712. The van der Waals surface area contributed by atoms with Crippen molar-refractivity contribution in [1.29, 1.82) is 0 Å². The molecule has 0 bridgehead atoms. The number of aliphatic carboxylic acids is 1. The predicted molar refractivity (Wildman–Crippen MR) is 70.2 cm³/mol. The van der Waals surface area contributed by atoms with Crippen LogP contribution in [0.4, 0.5) is 5.69 Å². The van der Waals surface area contributed by atoms with Crippen LogP contribution >= 0.6 is 0 Å². The van der Waals surface area contributed by atoms with Gasteiger partial charge in [0, 0.05) is 17.8 Å². The smallest absolute Gasteiger partial charge is 0.308 e. The Labute approximate surface area is 107 Å². The molecule has 4 heteroatoms. The molecule has 1 unspecified atom stereocenters. The maximum atomic E-state index is 11.2. The van der Waals surface area contributed by atoms with Gasteiger partial charge in [0.1, 0.15) is 5.75 Å². The molecule has 1 saturated heterocycles. The van der Waals surface area contributed by atoms with Gasteiger partial charge < -0.3 is 14.7 Å². The summed E-state index contributed by atoms with van der Waals surface area (Å²) in [6, 6.07) is 7.76. The van der Waals surface area contributed by atoms with E-state index < -0.39 is 5.97 Å². The van der Waals surface area contributed by atoms with Crippen LogP contribution in [0.3, 0.4) is 0 Å². The number of anilines is 1. The number of hydrogen-bond acceptors (Lipinski definition) is 3. The number of hydrogen-bond donors (Lipinski definition) is 1. The van der Waals surface area contributed by atoms with E-state index >= 15 is 0 Å². The Hall–Kier alpha value is -1.71. The van der Waals surface area contributed by atoms with E-state index in [9.17, 15) is 9.90 Å². The predicted octanol–water partition coefficient (Wildman–Crippen LogP) is 2.38. The topological polar surface area (TPSA) is 49.8 Å². The minimum Gasteiger partial charge on any atom is -0.497 e. The molecule has 0 spiro atoms. The quantitative estimate of drug-likeness (QED) is 0.893. The molecule has 1 aromatic rings. The third-order valence-corrected chi connectivity index (χ3v) is 3.87. The molecule has 0 aromatic heterocycles. The molecule has 0 saturated carbocycles. The van der Waals surface area contributed by atoms with Crippen LogP contribution in [0.1, 0.15) is 20.3 Å². The van der Waals surface area contributed by atoms with E-state index in [0.717, 1.165) is 18.0 Å². The Balaban J connectivity index is 2.26. The highest BCUT2D eigenvalue weighted by Gasteiger charge is 2.45. The van der Waals surface area contributed by atoms with Gasteiger partial charge in [0.25, 0.3) is 0 Å². The number of rotatable bonds is 3. The first-order valence-corrected chi connectivity index (χ1v) is 6.11. The third-order valence-electron chi connectivity index (χ3n) is 3.87. The molecule has 2 rings (SSSR count). The van der Waals surface area contributed by atoms with Gasteiger partial charge >= 0.3 is 5.97 Å². The van der Waals surface area contributed by atoms with Crippen LogP contribution in [0.15, 0.2) is 24.3 Å². The summed E-state index contributed by atoms with van der Waals surface area (Å²) in [5, 5.41) is 9.25. The second-order valence-electron chi connectivity index (χ2n) is 5.18. The van der Waals surface area contributed by atoms with Crippen LogP contribution in [-0.4, -0.2) is 30.3 Å². The van der Waals surface area contributed by atoms with Gasteiger partial charge in [-0.25, -0.2) is 0 Å². The largest absolute Gasteiger partial charge is 0.497 e. The Morgan fingerprint density at radius 3 is 2.44 bits per heavy atom. The summed E-state index contributed by atoms with van der Waals surface area (Å²) in [5.41, 5.74) is 0.685. The molecule has 0 radical (unpaired) electrons. The summed E-state index contributed by atoms with van der Waals surface area (Å²) in [6.07, 6.45) is 0.689. The fourth-order valence-electron chi connectivity index (χ4n) is 2.74. The van der Waals surface area contributed by atoms with Crippen molar-refractivity contribution < 1.29 is 14.6 Å². The van der Waals surface area contributed by atoms with Gasteiger partial charge in [-0.2, -0.15) is 0 Å². The van der Waals surface area contributed by atoms with Gasteiger partial charge in [-0.05, 0) is 44.5 Å². The van der Waals surface area contributed by atoms with Gasteiger partial charge in [0.2, 0.25) is 0 Å². The van der Waals surface area contributed by atoms with Crippen LogP contribution < -0.4 is 9.64 Å². The van der Waals surface area contributed by atoms with Crippen LogP contribution in [0.25, 0.3) is 0 Å². The average molecular weight is 249 g/mol. The number of nitrogens with zero attached hydrogens (tertiary/aromatic N) is 1. The molecular formula is C14H19NO3. The molecule has 1 aromatic carbocycles. The van der Waals surface area contributed by atoms with Crippen LogP contribution in [0.2, 0.25) is 0 Å². The molecule has 0 amide bonds. The first-order valence-electron chi connectivity index (χ1n) is 6.11. The minimum absolute atomic E-state index is 0.320. The van der Waals surface area contributed by atoms with Gasteiger partial charge in [-0.15, -0.1) is 0 Å². The molecule has 1 fully saturated rings. The van der Waals surface area contributed by atoms with Gasteiger partial charge in [0.15, 0.2) is 0 Å². The monoisotopic (exact) mass is 249 g/mol. The zero-order chi connectivity index (χ0) is 13.3. The Morgan fingerprint density at radius 2 is 2.00 bits per heavy atom. The van der Waals surface area contributed by atoms with Crippen molar-refractivity contribution in [1.82, 2.24) is 0 Å². The van der Waals surface area contributed by atoms with Gasteiger partial charge in [-0.1, -0.05) is 0 Å². The van der Waals surface area contributed by atoms with Crippen LogP contribution in [0, 0.1) is 5.92 Å². The maximum Gasteiger partial charge on any atom is 0.308 e. The van der Waals surface area contributed by atoms with E-state index in [2.05, 4.69) is 4.90 Å². The number of methoxy groups -OCH3 is 1. The van der Waals surface area contributed by atoms with Crippen molar-refractivity contribution in [2.24, 2.45) is 5.92 Å². The normalized spacial score (nSPS) is 21.9. The lowest BCUT2D eigenvalue weighted by atomic mass is 9.88. The highest BCUT2D eigenvalue weighted by atomic mass is 16.5. The van der Waals surface area contributed by atoms with Crippen molar-refractivity contribution in [2.45, 2.75) is 25.8 Å². The highest BCUT2D eigenvalue weighted by Crippen LogP contribution is 2.38. The Bertz CT molecular complexity index is 439. The molecule has 98 valence electrons. The fraction of sp³-hybridized carbons (Fsp3) is 0.500. The lowest BCUT2D eigenvalue weighted by molar-refractivity contribution is -0.142. The number of benzene rings is 1. The first-order chi connectivity index (χ1) is 8.46. The van der Waals surface area contributed by atoms with Crippen molar-refractivity contribution in [3.05, 3.63) is 24.3 Å². The third kappa shape index (κ3) is 2.03. The van der Waals surface area contributed by atoms with Gasteiger partial charge in [0.05, 0.1) is 13.0 Å². The Morgan fingerprint density at radius 1 is 1.39 bits per heavy atom.